The lowest BCUT2D eigenvalue weighted by atomic mass is 10.1. The number of imidazole rings is 1. The van der Waals surface area contributed by atoms with Crippen LogP contribution in [0.1, 0.15) is 13.8 Å². The Kier molecular flexibility index (Phi) is 4.54. The molecular weight excluding hydrogens is 266 g/mol. The normalized spacial score (nSPS) is 14.2. The smallest absolute Gasteiger partial charge is 0.261 e. The van der Waals surface area contributed by atoms with E-state index in [1.165, 1.54) is 10.9 Å². The van der Waals surface area contributed by atoms with Gasteiger partial charge < -0.3 is 9.67 Å². The summed E-state index contributed by atoms with van der Waals surface area (Å²) in [6, 6.07) is 0. The van der Waals surface area contributed by atoms with Gasteiger partial charge in [0.25, 0.3) is 10.0 Å². The van der Waals surface area contributed by atoms with Crippen molar-refractivity contribution in [2.24, 2.45) is 13.0 Å². The first-order valence-electron chi connectivity index (χ1n) is 5.10. The van der Waals surface area contributed by atoms with E-state index in [1.807, 2.05) is 0 Å². The average Bonchev–Trinajstić information content (AvgIpc) is 2.56. The number of aliphatic hydroxyl groups excluding tert-OH is 1. The molecule has 0 aliphatic heterocycles. The molecule has 1 aromatic rings. The van der Waals surface area contributed by atoms with Crippen LogP contribution < -0.4 is 4.72 Å². The summed E-state index contributed by atoms with van der Waals surface area (Å²) in [7, 11) is -2.18. The summed E-state index contributed by atoms with van der Waals surface area (Å²) < 4.78 is 27.3. The Labute approximate surface area is 106 Å². The van der Waals surface area contributed by atoms with Gasteiger partial charge in [-0.15, -0.1) is 0 Å². The third-order valence-corrected chi connectivity index (χ3v) is 4.25. The van der Waals surface area contributed by atoms with Crippen LogP contribution in [0.2, 0.25) is 5.15 Å². The fraction of sp³-hybridized carbons (Fsp3) is 0.667. The predicted molar refractivity (Wildman–Crippen MR) is 64.3 cm³/mol. The first-order chi connectivity index (χ1) is 7.75. The Morgan fingerprint density at radius 1 is 1.59 bits per heavy atom. The monoisotopic (exact) mass is 281 g/mol. The molecule has 98 valence electrons. The number of nitrogens with zero attached hydrogens (tertiary/aromatic N) is 2. The Morgan fingerprint density at radius 3 is 2.59 bits per heavy atom. The van der Waals surface area contributed by atoms with Crippen LogP contribution in [0, 0.1) is 5.92 Å². The highest BCUT2D eigenvalue weighted by Crippen LogP contribution is 2.18. The highest BCUT2D eigenvalue weighted by Gasteiger charge is 2.23. The molecule has 1 unspecified atom stereocenters. The van der Waals surface area contributed by atoms with Crippen molar-refractivity contribution in [3.63, 3.8) is 0 Å². The Morgan fingerprint density at radius 2 is 2.18 bits per heavy atom. The average molecular weight is 282 g/mol. The third kappa shape index (κ3) is 3.41. The maximum Gasteiger partial charge on any atom is 0.261 e. The molecule has 6 nitrogen and oxygen atoms in total. The van der Waals surface area contributed by atoms with Crippen molar-refractivity contribution in [3.05, 3.63) is 11.5 Å². The Hall–Kier alpha value is -0.630. The van der Waals surface area contributed by atoms with Crippen molar-refractivity contribution in [1.29, 1.82) is 0 Å². The lowest BCUT2D eigenvalue weighted by Gasteiger charge is -2.14. The quantitative estimate of drug-likeness (QED) is 0.817. The number of halogens is 1. The molecule has 8 heteroatoms. The second kappa shape index (κ2) is 5.34. The molecule has 0 radical (unpaired) electrons. The van der Waals surface area contributed by atoms with E-state index in [2.05, 4.69) is 9.71 Å². The molecule has 0 aliphatic carbocycles. The van der Waals surface area contributed by atoms with E-state index >= 15 is 0 Å². The highest BCUT2D eigenvalue weighted by atomic mass is 35.5. The van der Waals surface area contributed by atoms with E-state index in [0.29, 0.717) is 0 Å². The summed E-state index contributed by atoms with van der Waals surface area (Å²) in [6.07, 6.45) is 0.572. The number of aryl methyl sites for hydroxylation is 1. The van der Waals surface area contributed by atoms with E-state index in [1.54, 1.807) is 20.9 Å². The van der Waals surface area contributed by atoms with Gasteiger partial charge in [-0.2, -0.15) is 0 Å². The summed E-state index contributed by atoms with van der Waals surface area (Å²) in [4.78, 5) is 3.71. The van der Waals surface area contributed by atoms with Crippen LogP contribution in [0.4, 0.5) is 0 Å². The topological polar surface area (TPSA) is 84.2 Å². The minimum absolute atomic E-state index is 0.0306. The van der Waals surface area contributed by atoms with Gasteiger partial charge in [0.15, 0.2) is 0 Å². The molecule has 2 N–H and O–H groups in total. The molecule has 1 atom stereocenters. The van der Waals surface area contributed by atoms with Crippen LogP contribution in [0.25, 0.3) is 0 Å². The van der Waals surface area contributed by atoms with Gasteiger partial charge >= 0.3 is 0 Å². The largest absolute Gasteiger partial charge is 0.391 e. The van der Waals surface area contributed by atoms with Crippen LogP contribution in [0.5, 0.6) is 0 Å². The number of hydrogen-bond acceptors (Lipinski definition) is 4. The summed E-state index contributed by atoms with van der Waals surface area (Å²) in [5, 5.41) is 9.34. The standard InChI is InChI=1S/C9H16ClN3O3S/c1-6(2)7(14)4-12-17(15,16)9-8(10)13(3)5-11-9/h5-7,12,14H,4H2,1-3H3. The van der Waals surface area contributed by atoms with E-state index in [-0.39, 0.29) is 22.6 Å². The van der Waals surface area contributed by atoms with E-state index in [9.17, 15) is 13.5 Å². The molecule has 17 heavy (non-hydrogen) atoms. The molecule has 0 spiro atoms. The zero-order chi connectivity index (χ0) is 13.2. The molecule has 0 saturated carbocycles. The third-order valence-electron chi connectivity index (χ3n) is 2.34. The van der Waals surface area contributed by atoms with Crippen LogP contribution in [-0.4, -0.2) is 35.7 Å². The summed E-state index contributed by atoms with van der Waals surface area (Å²) >= 11 is 5.79. The number of rotatable bonds is 5. The van der Waals surface area contributed by atoms with Gasteiger partial charge in [0.1, 0.15) is 5.15 Å². The first-order valence-corrected chi connectivity index (χ1v) is 6.96. The SMILES string of the molecule is CC(C)C(O)CNS(=O)(=O)c1ncn(C)c1Cl. The van der Waals surface area contributed by atoms with Crippen molar-refractivity contribution >= 4 is 21.6 Å². The van der Waals surface area contributed by atoms with Gasteiger partial charge in [0.05, 0.1) is 12.4 Å². The minimum Gasteiger partial charge on any atom is -0.391 e. The fourth-order valence-corrected chi connectivity index (χ4v) is 2.55. The second-order valence-electron chi connectivity index (χ2n) is 4.11. The summed E-state index contributed by atoms with van der Waals surface area (Å²) in [5.41, 5.74) is 0. The number of hydrogen-bond donors (Lipinski definition) is 2. The molecule has 0 fully saturated rings. The number of sulfonamides is 1. The van der Waals surface area contributed by atoms with Gasteiger partial charge in [0.2, 0.25) is 5.03 Å². The van der Waals surface area contributed by atoms with E-state index in [0.717, 1.165) is 0 Å². The number of nitrogens with one attached hydrogen (secondary N) is 1. The Bertz CT molecular complexity index is 484. The first kappa shape index (κ1) is 14.4. The van der Waals surface area contributed by atoms with Crippen molar-refractivity contribution in [1.82, 2.24) is 14.3 Å². The predicted octanol–water partition coefficient (Wildman–Crippen LogP) is 0.369. The number of aromatic nitrogens is 2. The van der Waals surface area contributed by atoms with E-state index in [4.69, 9.17) is 11.6 Å². The molecule has 1 aromatic heterocycles. The lowest BCUT2D eigenvalue weighted by Crippen LogP contribution is -2.35. The van der Waals surface area contributed by atoms with E-state index < -0.39 is 16.1 Å². The van der Waals surface area contributed by atoms with Gasteiger partial charge in [-0.1, -0.05) is 25.4 Å². The van der Waals surface area contributed by atoms with Crippen molar-refractivity contribution in [2.45, 2.75) is 25.0 Å². The van der Waals surface area contributed by atoms with Gasteiger partial charge in [0, 0.05) is 13.6 Å². The van der Waals surface area contributed by atoms with Crippen molar-refractivity contribution in [2.75, 3.05) is 6.54 Å². The molecule has 0 bridgehead atoms. The molecule has 1 heterocycles. The zero-order valence-corrected chi connectivity index (χ0v) is 11.5. The highest BCUT2D eigenvalue weighted by molar-refractivity contribution is 7.89. The molecule has 0 aromatic carbocycles. The molecular formula is C9H16ClN3O3S. The van der Waals surface area contributed by atoms with Crippen LogP contribution in [0.3, 0.4) is 0 Å². The maximum absolute atomic E-state index is 11.8. The zero-order valence-electron chi connectivity index (χ0n) is 9.88. The molecule has 1 rings (SSSR count). The van der Waals surface area contributed by atoms with Gasteiger partial charge in [-0.05, 0) is 5.92 Å². The Balaban J connectivity index is 2.80. The summed E-state index contributed by atoms with van der Waals surface area (Å²) in [5.74, 6) is -0.0306. The minimum atomic E-state index is -3.77. The maximum atomic E-state index is 11.8. The molecule has 0 amide bonds. The van der Waals surface area contributed by atoms with Crippen LogP contribution >= 0.6 is 11.6 Å². The molecule has 0 saturated heterocycles. The van der Waals surface area contributed by atoms with Gasteiger partial charge in [-0.25, -0.2) is 18.1 Å². The fourth-order valence-electron chi connectivity index (χ4n) is 1.07. The lowest BCUT2D eigenvalue weighted by molar-refractivity contribution is 0.129. The number of aliphatic hydroxyl groups is 1. The molecule has 0 aliphatic rings. The van der Waals surface area contributed by atoms with Crippen molar-refractivity contribution in [3.8, 4) is 0 Å². The summed E-state index contributed by atoms with van der Waals surface area (Å²) in [6.45, 7) is 3.53. The van der Waals surface area contributed by atoms with Crippen LogP contribution in [0.15, 0.2) is 11.4 Å². The van der Waals surface area contributed by atoms with Crippen LogP contribution in [-0.2, 0) is 17.1 Å². The van der Waals surface area contributed by atoms with Crippen molar-refractivity contribution < 1.29 is 13.5 Å². The second-order valence-corrected chi connectivity index (χ2v) is 6.15. The van der Waals surface area contributed by atoms with Gasteiger partial charge in [-0.3, -0.25) is 0 Å².